The fourth-order valence-electron chi connectivity index (χ4n) is 5.59. The summed E-state index contributed by atoms with van der Waals surface area (Å²) in [5.74, 6) is 1.25. The van der Waals surface area contributed by atoms with Gasteiger partial charge in [-0.15, -0.1) is 0 Å². The largest absolute Gasteiger partial charge is 0.463 e. The van der Waals surface area contributed by atoms with Crippen LogP contribution in [0.4, 0.5) is 0 Å². The molecule has 1 atom stereocenters. The van der Waals surface area contributed by atoms with Crippen molar-refractivity contribution in [2.75, 3.05) is 6.54 Å². The van der Waals surface area contributed by atoms with Crippen molar-refractivity contribution in [1.29, 1.82) is 0 Å². The summed E-state index contributed by atoms with van der Waals surface area (Å²) >= 11 is 0. The van der Waals surface area contributed by atoms with Crippen LogP contribution in [0.5, 0.6) is 0 Å². The third-order valence-corrected chi connectivity index (χ3v) is 7.81. The molecule has 0 bridgehead atoms. The van der Waals surface area contributed by atoms with Crippen molar-refractivity contribution in [1.82, 2.24) is 14.8 Å². The van der Waals surface area contributed by atoms with E-state index in [1.54, 1.807) is 11.2 Å². The van der Waals surface area contributed by atoms with Crippen LogP contribution in [-0.2, 0) is 17.8 Å². The Balaban J connectivity index is 1.41. The Hall–Kier alpha value is -3.28. The van der Waals surface area contributed by atoms with E-state index >= 15 is 0 Å². The van der Waals surface area contributed by atoms with Gasteiger partial charge in [-0.2, -0.15) is 0 Å². The van der Waals surface area contributed by atoms with Gasteiger partial charge in [-0.05, 0) is 81.2 Å². The Labute approximate surface area is 207 Å². The average Bonchev–Trinajstić information content (AvgIpc) is 3.53. The summed E-state index contributed by atoms with van der Waals surface area (Å²) in [6.45, 7) is 5.12. The van der Waals surface area contributed by atoms with E-state index in [2.05, 4.69) is 24.4 Å². The molecule has 2 aliphatic rings. The summed E-state index contributed by atoms with van der Waals surface area (Å²) in [7, 11) is 0. The molecule has 1 saturated carbocycles. The molecule has 5 rings (SSSR count). The second-order valence-corrected chi connectivity index (χ2v) is 10.4. The predicted molar refractivity (Wildman–Crippen MR) is 136 cm³/mol. The molecule has 184 valence electrons. The number of hydrogen-bond acceptors (Lipinski definition) is 3. The Morgan fingerprint density at radius 2 is 1.77 bits per heavy atom. The Bertz CT molecular complexity index is 1160. The molecular weight excluding hydrogens is 438 g/mol. The molecule has 0 spiro atoms. The fraction of sp³-hybridized carbons (Fsp3) is 0.448. The Morgan fingerprint density at radius 3 is 2.49 bits per heavy atom. The van der Waals surface area contributed by atoms with E-state index in [9.17, 15) is 9.59 Å². The van der Waals surface area contributed by atoms with E-state index in [1.807, 2.05) is 54.0 Å². The molecule has 3 heterocycles. The van der Waals surface area contributed by atoms with Gasteiger partial charge in [0.2, 0.25) is 5.91 Å². The number of fused-ring (bicyclic) bond motifs is 1. The number of hydrogen-bond donors (Lipinski definition) is 1. The molecule has 1 fully saturated rings. The van der Waals surface area contributed by atoms with Crippen LogP contribution in [-0.4, -0.2) is 39.4 Å². The van der Waals surface area contributed by atoms with Gasteiger partial charge in [-0.1, -0.05) is 37.3 Å². The van der Waals surface area contributed by atoms with Crippen molar-refractivity contribution in [3.63, 3.8) is 0 Å². The van der Waals surface area contributed by atoms with Crippen LogP contribution in [0, 0.1) is 5.92 Å². The van der Waals surface area contributed by atoms with Gasteiger partial charge < -0.3 is 19.2 Å². The standard InChI is InChI=1S/C29H35N3O3/c1-21-12-14-23(15-13-21)30-28(34)29(2)20-31-24(26-11-7-19-35-26)16-17-25(31)27(33)32(29)18-6-10-22-8-4-3-5-9-22/h3-5,7-9,11,16-17,19,21,23H,6,10,12-15,18,20H2,1-2H3,(H,30,34). The summed E-state index contributed by atoms with van der Waals surface area (Å²) in [4.78, 5) is 29.4. The van der Waals surface area contributed by atoms with E-state index < -0.39 is 5.54 Å². The van der Waals surface area contributed by atoms with Crippen LogP contribution < -0.4 is 5.32 Å². The van der Waals surface area contributed by atoms with Crippen LogP contribution in [0.15, 0.2) is 65.3 Å². The van der Waals surface area contributed by atoms with E-state index in [1.165, 1.54) is 5.56 Å². The third-order valence-electron chi connectivity index (χ3n) is 7.81. The van der Waals surface area contributed by atoms with Gasteiger partial charge in [0.25, 0.3) is 5.91 Å². The maximum Gasteiger partial charge on any atom is 0.271 e. The molecule has 0 saturated heterocycles. The van der Waals surface area contributed by atoms with E-state index in [0.717, 1.165) is 44.2 Å². The van der Waals surface area contributed by atoms with Gasteiger partial charge in [-0.3, -0.25) is 9.59 Å². The van der Waals surface area contributed by atoms with Crippen molar-refractivity contribution in [3.8, 4) is 11.5 Å². The van der Waals surface area contributed by atoms with Gasteiger partial charge in [-0.25, -0.2) is 0 Å². The number of aromatic nitrogens is 1. The van der Waals surface area contributed by atoms with Crippen LogP contribution in [0.2, 0.25) is 0 Å². The lowest BCUT2D eigenvalue weighted by Crippen LogP contribution is -2.65. The molecule has 0 radical (unpaired) electrons. The molecule has 6 heteroatoms. The third kappa shape index (κ3) is 4.66. The maximum atomic E-state index is 13.8. The number of carbonyl (C=O) groups is 2. The average molecular weight is 474 g/mol. The van der Waals surface area contributed by atoms with E-state index in [0.29, 0.717) is 30.5 Å². The van der Waals surface area contributed by atoms with Crippen molar-refractivity contribution < 1.29 is 14.0 Å². The predicted octanol–water partition coefficient (Wildman–Crippen LogP) is 5.29. The van der Waals surface area contributed by atoms with Gasteiger partial charge in [0, 0.05) is 12.6 Å². The van der Waals surface area contributed by atoms with E-state index in [-0.39, 0.29) is 17.9 Å². The van der Waals surface area contributed by atoms with Crippen LogP contribution in [0.25, 0.3) is 11.5 Å². The molecule has 1 aliphatic carbocycles. The first-order valence-corrected chi connectivity index (χ1v) is 12.9. The summed E-state index contributed by atoms with van der Waals surface area (Å²) in [5, 5.41) is 3.32. The molecule has 3 aromatic rings. The number of nitrogens with zero attached hydrogens (tertiary/aromatic N) is 2. The van der Waals surface area contributed by atoms with Crippen molar-refractivity contribution in [2.45, 2.75) is 70.5 Å². The minimum absolute atomic E-state index is 0.0603. The number of rotatable bonds is 7. The lowest BCUT2D eigenvalue weighted by atomic mass is 9.86. The topological polar surface area (TPSA) is 67.5 Å². The molecular formula is C29H35N3O3. The second kappa shape index (κ2) is 9.76. The lowest BCUT2D eigenvalue weighted by molar-refractivity contribution is -0.133. The van der Waals surface area contributed by atoms with Crippen LogP contribution in [0.1, 0.15) is 62.0 Å². The highest BCUT2D eigenvalue weighted by Gasteiger charge is 2.48. The SMILES string of the molecule is CC1CCC(NC(=O)C2(C)Cn3c(ccc3-c3ccco3)C(=O)N2CCCc2ccccc2)CC1. The van der Waals surface area contributed by atoms with Gasteiger partial charge in [0.1, 0.15) is 17.0 Å². The zero-order chi connectivity index (χ0) is 24.4. The summed E-state index contributed by atoms with van der Waals surface area (Å²) in [6.07, 6.45) is 7.55. The number of aryl methyl sites for hydroxylation is 1. The van der Waals surface area contributed by atoms with Crippen LogP contribution in [0.3, 0.4) is 0 Å². The van der Waals surface area contributed by atoms with Gasteiger partial charge in [0.05, 0.1) is 18.5 Å². The van der Waals surface area contributed by atoms with Crippen molar-refractivity contribution >= 4 is 11.8 Å². The molecule has 2 amide bonds. The first-order valence-electron chi connectivity index (χ1n) is 12.9. The smallest absolute Gasteiger partial charge is 0.271 e. The van der Waals surface area contributed by atoms with Crippen LogP contribution >= 0.6 is 0 Å². The molecule has 1 unspecified atom stereocenters. The maximum absolute atomic E-state index is 13.8. The molecule has 6 nitrogen and oxygen atoms in total. The molecule has 2 aromatic heterocycles. The Morgan fingerprint density at radius 1 is 1.03 bits per heavy atom. The highest BCUT2D eigenvalue weighted by atomic mass is 16.3. The summed E-state index contributed by atoms with van der Waals surface area (Å²) in [6, 6.07) is 18.0. The number of carbonyl (C=O) groups excluding carboxylic acids is 2. The normalized spacial score (nSPS) is 24.3. The van der Waals surface area contributed by atoms with Crippen molar-refractivity contribution in [2.24, 2.45) is 5.92 Å². The second-order valence-electron chi connectivity index (χ2n) is 10.4. The number of benzene rings is 1. The van der Waals surface area contributed by atoms with Crippen molar-refractivity contribution in [3.05, 3.63) is 72.1 Å². The first kappa shape index (κ1) is 23.5. The highest BCUT2D eigenvalue weighted by Crippen LogP contribution is 2.34. The number of amides is 2. The molecule has 1 aliphatic heterocycles. The molecule has 1 N–H and O–H groups in total. The minimum Gasteiger partial charge on any atom is -0.463 e. The number of furan rings is 1. The quantitative estimate of drug-likeness (QED) is 0.507. The Kier molecular flexibility index (Phi) is 6.54. The van der Waals surface area contributed by atoms with E-state index in [4.69, 9.17) is 4.42 Å². The minimum atomic E-state index is -0.982. The number of nitrogens with one attached hydrogen (secondary N) is 1. The van der Waals surface area contributed by atoms with Gasteiger partial charge in [0.15, 0.2) is 0 Å². The molecule has 35 heavy (non-hydrogen) atoms. The lowest BCUT2D eigenvalue weighted by Gasteiger charge is -2.45. The zero-order valence-corrected chi connectivity index (χ0v) is 20.7. The monoisotopic (exact) mass is 473 g/mol. The first-order chi connectivity index (χ1) is 17.0. The summed E-state index contributed by atoms with van der Waals surface area (Å²) < 4.78 is 7.59. The summed E-state index contributed by atoms with van der Waals surface area (Å²) in [5.41, 5.74) is 1.69. The molecule has 1 aromatic carbocycles. The zero-order valence-electron chi connectivity index (χ0n) is 20.7. The fourth-order valence-corrected chi connectivity index (χ4v) is 5.59. The highest BCUT2D eigenvalue weighted by molar-refractivity contribution is 6.00. The van der Waals surface area contributed by atoms with Gasteiger partial charge >= 0.3 is 0 Å².